The van der Waals surface area contributed by atoms with Gasteiger partial charge >= 0.3 is 0 Å². The lowest BCUT2D eigenvalue weighted by Crippen LogP contribution is -2.70. The summed E-state index contributed by atoms with van der Waals surface area (Å²) in [4.78, 5) is 35.1. The number of benzene rings is 3. The predicted octanol–water partition coefficient (Wildman–Crippen LogP) is 9.22. The Labute approximate surface area is 372 Å². The molecule has 0 radical (unpaired) electrons. The van der Waals surface area contributed by atoms with Crippen molar-refractivity contribution in [2.24, 2.45) is 22.9 Å². The zero-order chi connectivity index (χ0) is 45.1. The van der Waals surface area contributed by atoms with E-state index in [-0.39, 0.29) is 49.9 Å². The summed E-state index contributed by atoms with van der Waals surface area (Å²) in [7, 11) is 3.13. The number of hydrogen-bond acceptors (Lipinski definition) is 11. The van der Waals surface area contributed by atoms with E-state index in [1.165, 1.54) is 7.11 Å². The van der Waals surface area contributed by atoms with Crippen LogP contribution in [0.4, 0.5) is 0 Å². The number of methoxy groups -OCH3 is 2. The molecule has 1 fully saturated rings. The first-order valence-corrected chi connectivity index (χ1v) is 22.4. The second kappa shape index (κ2) is 21.5. The van der Waals surface area contributed by atoms with Gasteiger partial charge in [0.2, 0.25) is 11.7 Å². The summed E-state index contributed by atoms with van der Waals surface area (Å²) in [5.74, 6) is 0.687. The van der Waals surface area contributed by atoms with E-state index in [0.29, 0.717) is 66.5 Å². The summed E-state index contributed by atoms with van der Waals surface area (Å²) >= 11 is 0. The largest absolute Gasteiger partial charge is 0.497 e. The lowest BCUT2D eigenvalue weighted by atomic mass is 9.55. The number of unbranched alkanes of at least 4 members (excludes halogenated alkanes) is 2. The Morgan fingerprint density at radius 2 is 1.71 bits per heavy atom. The molecular formula is C51H66N2O10. The molecule has 1 saturated carbocycles. The van der Waals surface area contributed by atoms with Gasteiger partial charge in [-0.1, -0.05) is 49.2 Å². The van der Waals surface area contributed by atoms with Gasteiger partial charge in [0.25, 0.3) is 0 Å². The fraction of sp³-hybridized carbons (Fsp3) is 0.510. The monoisotopic (exact) mass is 866 g/mol. The Hall–Kier alpha value is -5.17. The number of carbonyl (C=O) groups excluding carboxylic acids is 2. The molecule has 3 aromatic rings. The van der Waals surface area contributed by atoms with Crippen molar-refractivity contribution >= 4 is 17.9 Å². The molecule has 12 heteroatoms. The summed E-state index contributed by atoms with van der Waals surface area (Å²) in [5.41, 5.74) is 3.21. The molecule has 340 valence electrons. The van der Waals surface area contributed by atoms with Crippen molar-refractivity contribution in [1.29, 1.82) is 0 Å². The van der Waals surface area contributed by atoms with Crippen molar-refractivity contribution in [3.63, 3.8) is 0 Å². The minimum atomic E-state index is -1.39. The third-order valence-corrected chi connectivity index (χ3v) is 12.3. The van der Waals surface area contributed by atoms with E-state index in [9.17, 15) is 19.8 Å². The number of oxime groups is 1. The average molecular weight is 867 g/mol. The van der Waals surface area contributed by atoms with Crippen LogP contribution >= 0.6 is 0 Å². The van der Waals surface area contributed by atoms with Gasteiger partial charge in [0.05, 0.1) is 44.4 Å². The summed E-state index contributed by atoms with van der Waals surface area (Å²) in [5, 5.41) is 24.9. The zero-order valence-corrected chi connectivity index (χ0v) is 37.8. The van der Waals surface area contributed by atoms with E-state index in [1.807, 2.05) is 68.1 Å². The van der Waals surface area contributed by atoms with Crippen LogP contribution in [0, 0.1) is 17.8 Å². The van der Waals surface area contributed by atoms with Gasteiger partial charge < -0.3 is 43.6 Å². The standard InChI is InChI=1S/C51H66N2O10/c1-8-23-53(47(57)28-34-15-14-17-37(27-34)58-6)46-32-43(52-63-50(3,4)5)41-30-35(16-10-12-24-54)40(18-11-13-25-55)48-42-31-39(61-38-19-21-44(59-7)36(29-38)33-56)20-22-45(42)62-51(46,49(41)48)60-26-9-2/h9,14-15,17,19-22,27,29-31,33,35,40,46,48-49,54-55H,2,8,10-13,16,18,23-26,28,32H2,1,3-7H3. The molecule has 6 atom stereocenters. The molecule has 0 bridgehead atoms. The first kappa shape index (κ1) is 47.3. The van der Waals surface area contributed by atoms with Crippen LogP contribution in [0.15, 0.2) is 90.1 Å². The number of fused-ring (bicyclic) bond motifs is 2. The zero-order valence-electron chi connectivity index (χ0n) is 37.8. The number of ether oxygens (including phenoxy) is 5. The van der Waals surface area contributed by atoms with E-state index in [0.717, 1.165) is 54.4 Å². The van der Waals surface area contributed by atoms with E-state index < -0.39 is 23.3 Å². The second-order valence-electron chi connectivity index (χ2n) is 17.7. The molecule has 2 aliphatic carbocycles. The fourth-order valence-electron chi connectivity index (χ4n) is 9.66. The van der Waals surface area contributed by atoms with Crippen LogP contribution in [0.25, 0.3) is 0 Å². The van der Waals surface area contributed by atoms with Crippen molar-refractivity contribution in [3.05, 3.63) is 102 Å². The third-order valence-electron chi connectivity index (χ3n) is 12.3. The lowest BCUT2D eigenvalue weighted by molar-refractivity contribution is -0.257. The first-order valence-electron chi connectivity index (χ1n) is 22.4. The van der Waals surface area contributed by atoms with Gasteiger partial charge in [-0.2, -0.15) is 0 Å². The summed E-state index contributed by atoms with van der Waals surface area (Å²) in [6, 6.07) is 17.9. The van der Waals surface area contributed by atoms with E-state index >= 15 is 0 Å². The van der Waals surface area contributed by atoms with Crippen LogP contribution in [-0.2, 0) is 20.8 Å². The van der Waals surface area contributed by atoms with Crippen molar-refractivity contribution in [2.75, 3.05) is 40.6 Å². The fourth-order valence-corrected chi connectivity index (χ4v) is 9.66. The number of amides is 1. The highest BCUT2D eigenvalue weighted by atomic mass is 16.7. The molecule has 12 nitrogen and oxygen atoms in total. The number of aliphatic hydroxyl groups is 2. The maximum absolute atomic E-state index is 14.9. The van der Waals surface area contributed by atoms with Crippen LogP contribution in [0.1, 0.15) is 106 Å². The van der Waals surface area contributed by atoms with Crippen molar-refractivity contribution in [1.82, 2.24) is 4.90 Å². The van der Waals surface area contributed by atoms with Crippen molar-refractivity contribution < 1.29 is 48.3 Å². The summed E-state index contributed by atoms with van der Waals surface area (Å²) in [6.07, 6.45) is 10.5. The van der Waals surface area contributed by atoms with Gasteiger partial charge in [0, 0.05) is 37.7 Å². The summed E-state index contributed by atoms with van der Waals surface area (Å²) in [6.45, 7) is 12.8. The number of nitrogens with zero attached hydrogens (tertiary/aromatic N) is 2. The Bertz CT molecular complexity index is 2110. The van der Waals surface area contributed by atoms with Gasteiger partial charge in [0.1, 0.15) is 40.4 Å². The molecule has 1 amide bonds. The van der Waals surface area contributed by atoms with Gasteiger partial charge in [-0.05, 0) is 124 Å². The minimum absolute atomic E-state index is 0.0342. The van der Waals surface area contributed by atoms with E-state index in [2.05, 4.69) is 19.6 Å². The SMILES string of the molecule is C=CCOC12Oc3ccc(Oc4ccc(OC)c(C=O)c4)cc3C3C(CCCCO)C(CCCCO)C=C(C(=NOC(C)(C)C)CC1N(CCC)C(=O)Cc1cccc(OC)c1)C32. The third kappa shape index (κ3) is 10.8. The van der Waals surface area contributed by atoms with E-state index in [1.54, 1.807) is 31.4 Å². The average Bonchev–Trinajstić information content (AvgIpc) is 3.27. The number of rotatable bonds is 22. The molecule has 63 heavy (non-hydrogen) atoms. The highest BCUT2D eigenvalue weighted by Crippen LogP contribution is 2.62. The number of carbonyl (C=O) groups is 2. The molecule has 2 N–H and O–H groups in total. The molecule has 0 aromatic heterocycles. The van der Waals surface area contributed by atoms with E-state index in [4.69, 9.17) is 33.7 Å². The van der Waals surface area contributed by atoms with Crippen LogP contribution in [0.3, 0.4) is 0 Å². The Balaban J connectivity index is 1.59. The molecular weight excluding hydrogens is 801 g/mol. The molecule has 1 aliphatic heterocycles. The highest BCUT2D eigenvalue weighted by Gasteiger charge is 2.65. The maximum Gasteiger partial charge on any atom is 0.239 e. The molecule has 0 spiro atoms. The van der Waals surface area contributed by atoms with Crippen LogP contribution in [0.2, 0.25) is 0 Å². The molecule has 3 aliphatic rings. The predicted molar refractivity (Wildman–Crippen MR) is 243 cm³/mol. The van der Waals surface area contributed by atoms with Crippen LogP contribution < -0.4 is 18.9 Å². The molecule has 1 heterocycles. The molecule has 0 saturated heterocycles. The topological polar surface area (TPSA) is 146 Å². The highest BCUT2D eigenvalue weighted by molar-refractivity contribution is 6.03. The smallest absolute Gasteiger partial charge is 0.239 e. The number of allylic oxidation sites excluding steroid dienone is 1. The number of hydrogen-bond donors (Lipinski definition) is 2. The van der Waals surface area contributed by atoms with Crippen LogP contribution in [-0.4, -0.2) is 91.0 Å². The Morgan fingerprint density at radius 3 is 2.40 bits per heavy atom. The normalized spacial score (nSPS) is 23.1. The van der Waals surface area contributed by atoms with Crippen molar-refractivity contribution in [2.45, 2.75) is 109 Å². The number of aldehydes is 1. The number of aliphatic hydroxyl groups excluding tert-OH is 2. The minimum Gasteiger partial charge on any atom is -0.497 e. The maximum atomic E-state index is 14.9. The second-order valence-corrected chi connectivity index (χ2v) is 17.7. The van der Waals surface area contributed by atoms with Crippen molar-refractivity contribution in [3.8, 4) is 28.7 Å². The molecule has 6 unspecified atom stereocenters. The van der Waals surface area contributed by atoms with Gasteiger partial charge in [0.15, 0.2) is 6.29 Å². The summed E-state index contributed by atoms with van der Waals surface area (Å²) < 4.78 is 31.9. The van der Waals surface area contributed by atoms with Crippen LogP contribution in [0.5, 0.6) is 28.7 Å². The Kier molecular flexibility index (Phi) is 16.1. The molecule has 6 rings (SSSR count). The quantitative estimate of drug-likeness (QED) is 0.0434. The molecule has 3 aromatic carbocycles. The van der Waals surface area contributed by atoms with Gasteiger partial charge in [-0.3, -0.25) is 9.59 Å². The van der Waals surface area contributed by atoms with Gasteiger partial charge in [-0.25, -0.2) is 0 Å². The lowest BCUT2D eigenvalue weighted by Gasteiger charge is -2.60. The van der Waals surface area contributed by atoms with Gasteiger partial charge in [-0.15, -0.1) is 6.58 Å². The first-order chi connectivity index (χ1) is 30.4. The Morgan fingerprint density at radius 1 is 0.968 bits per heavy atom.